The second kappa shape index (κ2) is 6.81. The van der Waals surface area contributed by atoms with Gasteiger partial charge in [0, 0.05) is 6.04 Å². The molecule has 0 heterocycles. The molecule has 1 unspecified atom stereocenters. The first-order chi connectivity index (χ1) is 10.0. The van der Waals surface area contributed by atoms with E-state index < -0.39 is 11.6 Å². The number of benzene rings is 2. The molecule has 2 aromatic rings. The largest absolute Gasteiger partial charge is 0.316 e. The van der Waals surface area contributed by atoms with E-state index in [9.17, 15) is 8.78 Å². The van der Waals surface area contributed by atoms with E-state index in [1.54, 1.807) is 6.07 Å². The monoisotopic (exact) mass is 289 g/mol. The highest BCUT2D eigenvalue weighted by molar-refractivity contribution is 5.63. The van der Waals surface area contributed by atoms with Crippen LogP contribution in [0.25, 0.3) is 11.1 Å². The van der Waals surface area contributed by atoms with E-state index in [0.717, 1.165) is 18.1 Å². The number of likely N-dealkylation sites (N-methyl/N-ethyl adjacent to an activating group) is 1. The molecule has 1 nitrogen and oxygen atoms in total. The summed E-state index contributed by atoms with van der Waals surface area (Å²) in [4.78, 5) is 0. The van der Waals surface area contributed by atoms with Gasteiger partial charge in [-0.25, -0.2) is 8.78 Å². The van der Waals surface area contributed by atoms with E-state index in [1.165, 1.54) is 11.6 Å². The molecule has 0 fully saturated rings. The highest BCUT2D eigenvalue weighted by Crippen LogP contribution is 2.22. The van der Waals surface area contributed by atoms with Crippen LogP contribution in [0.3, 0.4) is 0 Å². The van der Waals surface area contributed by atoms with Crippen molar-refractivity contribution in [2.75, 3.05) is 7.05 Å². The Bertz CT molecular complexity index is 591. The molecule has 2 aromatic carbocycles. The van der Waals surface area contributed by atoms with Gasteiger partial charge >= 0.3 is 0 Å². The zero-order chi connectivity index (χ0) is 15.4. The van der Waals surface area contributed by atoms with Gasteiger partial charge in [-0.2, -0.15) is 0 Å². The normalized spacial score (nSPS) is 12.7. The molecule has 2 rings (SSSR count). The summed E-state index contributed by atoms with van der Waals surface area (Å²) in [6, 6.07) is 12.4. The van der Waals surface area contributed by atoms with Crippen LogP contribution in [-0.4, -0.2) is 13.1 Å². The third-order valence-electron chi connectivity index (χ3n) is 3.84. The molecule has 112 valence electrons. The lowest BCUT2D eigenvalue weighted by Crippen LogP contribution is -2.32. The third-order valence-corrected chi connectivity index (χ3v) is 3.84. The lowest BCUT2D eigenvalue weighted by atomic mass is 9.95. The number of nitrogens with one attached hydrogen (secondary N) is 1. The molecule has 0 radical (unpaired) electrons. The van der Waals surface area contributed by atoms with Gasteiger partial charge in [0.1, 0.15) is 0 Å². The Morgan fingerprint density at radius 2 is 1.52 bits per heavy atom. The maximum atomic E-state index is 13.3. The Balaban J connectivity index is 2.16. The summed E-state index contributed by atoms with van der Waals surface area (Å²) in [6.07, 6.45) is 0.951. The highest BCUT2D eigenvalue weighted by Gasteiger charge is 2.11. The Hall–Kier alpha value is -1.74. The van der Waals surface area contributed by atoms with E-state index in [0.29, 0.717) is 17.5 Å². The minimum atomic E-state index is -0.816. The smallest absolute Gasteiger partial charge is 0.159 e. The zero-order valence-corrected chi connectivity index (χ0v) is 12.7. The molecular weight excluding hydrogens is 268 g/mol. The van der Waals surface area contributed by atoms with Crippen molar-refractivity contribution in [2.24, 2.45) is 5.92 Å². The average molecular weight is 289 g/mol. The molecule has 1 N–H and O–H groups in total. The lowest BCUT2D eigenvalue weighted by molar-refractivity contribution is 0.424. The first kappa shape index (κ1) is 15.6. The van der Waals surface area contributed by atoms with Crippen LogP contribution < -0.4 is 5.32 Å². The summed E-state index contributed by atoms with van der Waals surface area (Å²) in [7, 11) is 1.97. The van der Waals surface area contributed by atoms with Crippen molar-refractivity contribution in [1.82, 2.24) is 5.32 Å². The van der Waals surface area contributed by atoms with E-state index in [1.807, 2.05) is 31.3 Å². The van der Waals surface area contributed by atoms with Gasteiger partial charge in [0.2, 0.25) is 0 Å². The van der Waals surface area contributed by atoms with Crippen LogP contribution in [0.5, 0.6) is 0 Å². The van der Waals surface area contributed by atoms with Crippen molar-refractivity contribution in [3.05, 3.63) is 59.7 Å². The Morgan fingerprint density at radius 1 is 0.905 bits per heavy atom. The van der Waals surface area contributed by atoms with E-state index >= 15 is 0 Å². The molecule has 0 aromatic heterocycles. The average Bonchev–Trinajstić information content (AvgIpc) is 2.48. The third kappa shape index (κ3) is 3.88. The first-order valence-corrected chi connectivity index (χ1v) is 7.23. The van der Waals surface area contributed by atoms with Crippen molar-refractivity contribution in [1.29, 1.82) is 0 Å². The van der Waals surface area contributed by atoms with Crippen LogP contribution in [0.2, 0.25) is 0 Å². The zero-order valence-electron chi connectivity index (χ0n) is 12.7. The summed E-state index contributed by atoms with van der Waals surface area (Å²) in [5.74, 6) is -1.07. The molecule has 0 aliphatic heterocycles. The second-order valence-corrected chi connectivity index (χ2v) is 5.67. The first-order valence-electron chi connectivity index (χ1n) is 7.23. The van der Waals surface area contributed by atoms with Gasteiger partial charge in [-0.15, -0.1) is 0 Å². The molecule has 3 heteroatoms. The molecule has 0 amide bonds. The van der Waals surface area contributed by atoms with Crippen LogP contribution in [0.15, 0.2) is 42.5 Å². The highest BCUT2D eigenvalue weighted by atomic mass is 19.2. The molecule has 0 saturated heterocycles. The number of rotatable bonds is 5. The van der Waals surface area contributed by atoms with E-state index in [-0.39, 0.29) is 0 Å². The number of hydrogen-bond donors (Lipinski definition) is 1. The predicted octanol–water partition coefficient (Wildman–Crippen LogP) is 4.42. The second-order valence-electron chi connectivity index (χ2n) is 5.67. The lowest BCUT2D eigenvalue weighted by Gasteiger charge is -2.20. The Kier molecular flexibility index (Phi) is 5.07. The van der Waals surface area contributed by atoms with Crippen LogP contribution >= 0.6 is 0 Å². The van der Waals surface area contributed by atoms with Crippen molar-refractivity contribution in [3.8, 4) is 11.1 Å². The van der Waals surface area contributed by atoms with Gasteiger partial charge in [-0.1, -0.05) is 44.2 Å². The molecular formula is C18H21F2N. The number of hydrogen-bond acceptors (Lipinski definition) is 1. The maximum Gasteiger partial charge on any atom is 0.159 e. The standard InChI is InChI=1S/C18H21F2N/c1-12(2)18(21-3)10-13-4-6-14(7-5-13)15-8-9-16(19)17(20)11-15/h4-9,11-12,18,21H,10H2,1-3H3. The molecule has 0 aliphatic rings. The topological polar surface area (TPSA) is 12.0 Å². The van der Waals surface area contributed by atoms with Gasteiger partial charge in [-0.05, 0) is 48.2 Å². The number of halogens is 2. The van der Waals surface area contributed by atoms with Crippen molar-refractivity contribution >= 4 is 0 Å². The minimum Gasteiger partial charge on any atom is -0.316 e. The SMILES string of the molecule is CNC(Cc1ccc(-c2ccc(F)c(F)c2)cc1)C(C)C. The molecule has 0 saturated carbocycles. The van der Waals surface area contributed by atoms with Gasteiger partial charge in [0.05, 0.1) is 0 Å². The molecule has 21 heavy (non-hydrogen) atoms. The Morgan fingerprint density at radius 3 is 2.05 bits per heavy atom. The van der Waals surface area contributed by atoms with E-state index in [4.69, 9.17) is 0 Å². The summed E-state index contributed by atoms with van der Waals surface area (Å²) in [5.41, 5.74) is 2.81. The summed E-state index contributed by atoms with van der Waals surface area (Å²) in [5, 5.41) is 3.32. The van der Waals surface area contributed by atoms with Crippen LogP contribution in [-0.2, 0) is 6.42 Å². The van der Waals surface area contributed by atoms with Crippen molar-refractivity contribution in [3.63, 3.8) is 0 Å². The van der Waals surface area contributed by atoms with Crippen molar-refractivity contribution in [2.45, 2.75) is 26.3 Å². The molecule has 1 atom stereocenters. The quantitative estimate of drug-likeness (QED) is 0.859. The molecule has 0 aliphatic carbocycles. The summed E-state index contributed by atoms with van der Waals surface area (Å²) >= 11 is 0. The Labute approximate surface area is 125 Å². The van der Waals surface area contributed by atoms with Gasteiger partial charge in [-0.3, -0.25) is 0 Å². The minimum absolute atomic E-state index is 0.430. The fraction of sp³-hybridized carbons (Fsp3) is 0.333. The predicted molar refractivity (Wildman–Crippen MR) is 83.2 cm³/mol. The van der Waals surface area contributed by atoms with Gasteiger partial charge in [0.25, 0.3) is 0 Å². The summed E-state index contributed by atoms with van der Waals surface area (Å²) < 4.78 is 26.2. The molecule has 0 spiro atoms. The maximum absolute atomic E-state index is 13.3. The van der Waals surface area contributed by atoms with Crippen LogP contribution in [0, 0.1) is 17.6 Å². The fourth-order valence-corrected chi connectivity index (χ4v) is 2.43. The van der Waals surface area contributed by atoms with Gasteiger partial charge in [0.15, 0.2) is 11.6 Å². The van der Waals surface area contributed by atoms with E-state index in [2.05, 4.69) is 19.2 Å². The van der Waals surface area contributed by atoms with Crippen LogP contribution in [0.4, 0.5) is 8.78 Å². The van der Waals surface area contributed by atoms with Gasteiger partial charge < -0.3 is 5.32 Å². The molecule has 0 bridgehead atoms. The van der Waals surface area contributed by atoms with Crippen molar-refractivity contribution < 1.29 is 8.78 Å². The summed E-state index contributed by atoms with van der Waals surface area (Å²) in [6.45, 7) is 4.38. The van der Waals surface area contributed by atoms with Crippen LogP contribution in [0.1, 0.15) is 19.4 Å². The fourth-order valence-electron chi connectivity index (χ4n) is 2.43.